The average molecular weight is 227 g/mol. The van der Waals surface area contributed by atoms with E-state index in [-0.39, 0.29) is 5.91 Å². The lowest BCUT2D eigenvalue weighted by Crippen LogP contribution is -2.61. The number of rotatable bonds is 8. The zero-order valence-electron chi connectivity index (χ0n) is 10.8. The van der Waals surface area contributed by atoms with Crippen LogP contribution in [0.1, 0.15) is 32.6 Å². The number of nitrogens with two attached hydrogens (primary N) is 1. The van der Waals surface area contributed by atoms with Crippen molar-refractivity contribution in [2.75, 3.05) is 27.2 Å². The van der Waals surface area contributed by atoms with Gasteiger partial charge >= 0.3 is 0 Å². The van der Waals surface area contributed by atoms with E-state index in [9.17, 15) is 4.79 Å². The average Bonchev–Trinajstić information content (AvgIpc) is 3.06. The molecule has 1 saturated carbocycles. The van der Waals surface area contributed by atoms with Crippen LogP contribution in [0.5, 0.6) is 0 Å². The second-order valence-corrected chi connectivity index (χ2v) is 4.95. The van der Waals surface area contributed by atoms with Crippen molar-refractivity contribution in [3.63, 3.8) is 0 Å². The van der Waals surface area contributed by atoms with Crippen molar-refractivity contribution < 1.29 is 4.79 Å². The van der Waals surface area contributed by atoms with E-state index >= 15 is 0 Å². The van der Waals surface area contributed by atoms with Gasteiger partial charge in [0, 0.05) is 6.54 Å². The Bertz CT molecular complexity index is 240. The summed E-state index contributed by atoms with van der Waals surface area (Å²) in [6, 6.07) is 0. The van der Waals surface area contributed by atoms with Gasteiger partial charge in [-0.2, -0.15) is 0 Å². The first-order chi connectivity index (χ1) is 7.56. The molecule has 4 nitrogen and oxygen atoms in total. The van der Waals surface area contributed by atoms with Gasteiger partial charge in [-0.05, 0) is 45.8 Å². The lowest BCUT2D eigenvalue weighted by atomic mass is 9.91. The quantitative estimate of drug-likeness (QED) is 0.637. The molecule has 0 aromatic heterocycles. The van der Waals surface area contributed by atoms with Gasteiger partial charge in [0.25, 0.3) is 0 Å². The Morgan fingerprint density at radius 2 is 2.19 bits per heavy atom. The summed E-state index contributed by atoms with van der Waals surface area (Å²) in [7, 11) is 3.91. The molecule has 1 amide bonds. The summed E-state index contributed by atoms with van der Waals surface area (Å²) in [5, 5.41) is 3.17. The number of likely N-dealkylation sites (N-methyl/N-ethyl adjacent to an activating group) is 2. The van der Waals surface area contributed by atoms with Crippen molar-refractivity contribution in [1.82, 2.24) is 10.2 Å². The number of hydrogen-bond donors (Lipinski definition) is 2. The van der Waals surface area contributed by atoms with E-state index in [0.29, 0.717) is 5.92 Å². The topological polar surface area (TPSA) is 58.4 Å². The molecule has 0 aliphatic heterocycles. The minimum Gasteiger partial charge on any atom is -0.368 e. The van der Waals surface area contributed by atoms with Crippen molar-refractivity contribution in [1.29, 1.82) is 0 Å². The number of nitrogens with one attached hydrogen (secondary N) is 1. The Morgan fingerprint density at radius 1 is 1.56 bits per heavy atom. The highest BCUT2D eigenvalue weighted by Gasteiger charge is 2.49. The number of hydrogen-bond acceptors (Lipinski definition) is 3. The van der Waals surface area contributed by atoms with Gasteiger partial charge in [-0.3, -0.25) is 4.79 Å². The number of nitrogens with zero attached hydrogens (tertiary/aromatic N) is 1. The minimum absolute atomic E-state index is 0.208. The molecule has 4 heteroatoms. The molecule has 0 saturated heterocycles. The maximum Gasteiger partial charge on any atom is 0.239 e. The van der Waals surface area contributed by atoms with Crippen LogP contribution in [0.25, 0.3) is 0 Å². The summed E-state index contributed by atoms with van der Waals surface area (Å²) in [6.45, 7) is 3.93. The largest absolute Gasteiger partial charge is 0.368 e. The van der Waals surface area contributed by atoms with Gasteiger partial charge in [-0.25, -0.2) is 0 Å². The van der Waals surface area contributed by atoms with E-state index in [1.54, 1.807) is 0 Å². The summed E-state index contributed by atoms with van der Waals surface area (Å²) in [6.07, 6.45) is 4.58. The van der Waals surface area contributed by atoms with E-state index < -0.39 is 5.54 Å². The van der Waals surface area contributed by atoms with E-state index in [1.165, 1.54) is 12.8 Å². The predicted molar refractivity (Wildman–Crippen MR) is 66.1 cm³/mol. The smallest absolute Gasteiger partial charge is 0.239 e. The van der Waals surface area contributed by atoms with Crippen LogP contribution in [0.15, 0.2) is 0 Å². The van der Waals surface area contributed by atoms with Crippen LogP contribution in [0.4, 0.5) is 0 Å². The van der Waals surface area contributed by atoms with Gasteiger partial charge in [0.05, 0.1) is 0 Å². The summed E-state index contributed by atoms with van der Waals surface area (Å²) < 4.78 is 0. The summed E-state index contributed by atoms with van der Waals surface area (Å²) in [5.74, 6) is 0.222. The molecule has 0 heterocycles. The molecule has 16 heavy (non-hydrogen) atoms. The number of amides is 1. The van der Waals surface area contributed by atoms with Crippen LogP contribution in [-0.4, -0.2) is 43.5 Å². The van der Waals surface area contributed by atoms with Crippen LogP contribution >= 0.6 is 0 Å². The molecular weight excluding hydrogens is 202 g/mol. The molecule has 1 aliphatic carbocycles. The van der Waals surface area contributed by atoms with Crippen LogP contribution in [0.2, 0.25) is 0 Å². The van der Waals surface area contributed by atoms with Gasteiger partial charge in [0.1, 0.15) is 5.54 Å². The third-order valence-electron chi connectivity index (χ3n) is 3.57. The fraction of sp³-hybridized carbons (Fsp3) is 0.917. The highest BCUT2D eigenvalue weighted by atomic mass is 16.1. The first kappa shape index (κ1) is 13.5. The second kappa shape index (κ2) is 5.64. The highest BCUT2D eigenvalue weighted by molar-refractivity contribution is 5.85. The fourth-order valence-corrected chi connectivity index (χ4v) is 2.32. The van der Waals surface area contributed by atoms with Crippen molar-refractivity contribution in [2.45, 2.75) is 38.1 Å². The Morgan fingerprint density at radius 3 is 2.56 bits per heavy atom. The molecule has 0 spiro atoms. The zero-order valence-corrected chi connectivity index (χ0v) is 10.8. The number of carbonyl (C=O) groups excluding carboxylic acids is 1. The first-order valence-corrected chi connectivity index (χ1v) is 6.24. The molecule has 0 aromatic carbocycles. The highest BCUT2D eigenvalue weighted by Crippen LogP contribution is 2.39. The number of unbranched alkanes of at least 4 members (excludes halogenated alkanes) is 1. The van der Waals surface area contributed by atoms with Crippen LogP contribution < -0.4 is 11.1 Å². The van der Waals surface area contributed by atoms with E-state index in [0.717, 1.165) is 25.9 Å². The third kappa shape index (κ3) is 2.95. The molecular formula is C12H25N3O. The lowest BCUT2D eigenvalue weighted by molar-refractivity contribution is -0.125. The monoisotopic (exact) mass is 227 g/mol. The minimum atomic E-state index is -0.511. The van der Waals surface area contributed by atoms with Crippen molar-refractivity contribution >= 4 is 5.91 Å². The zero-order chi connectivity index (χ0) is 12.2. The molecule has 0 radical (unpaired) electrons. The van der Waals surface area contributed by atoms with Crippen molar-refractivity contribution in [3.8, 4) is 0 Å². The second-order valence-electron chi connectivity index (χ2n) is 4.95. The van der Waals surface area contributed by atoms with Crippen molar-refractivity contribution in [3.05, 3.63) is 0 Å². The molecule has 1 unspecified atom stereocenters. The summed E-state index contributed by atoms with van der Waals surface area (Å²) in [4.78, 5) is 13.9. The van der Waals surface area contributed by atoms with Gasteiger partial charge in [0.15, 0.2) is 0 Å². The number of primary amides is 1. The maximum atomic E-state index is 11.7. The standard InChI is InChI=1S/C12H25N3O/c1-4-5-8-15(3)9-12(14-2,11(13)16)10-6-7-10/h10,14H,4-9H2,1-3H3,(H2,13,16). The molecule has 1 fully saturated rings. The van der Waals surface area contributed by atoms with E-state index in [2.05, 4.69) is 24.2 Å². The Kier molecular flexibility index (Phi) is 4.74. The Labute approximate surface area is 98.6 Å². The molecule has 0 aromatic rings. The SMILES string of the molecule is CCCCN(C)CC(NC)(C(N)=O)C1CC1. The Hall–Kier alpha value is -0.610. The predicted octanol–water partition coefficient (Wildman–Crippen LogP) is 0.572. The van der Waals surface area contributed by atoms with E-state index in [4.69, 9.17) is 5.73 Å². The van der Waals surface area contributed by atoms with Gasteiger partial charge in [0.2, 0.25) is 5.91 Å². The van der Waals surface area contributed by atoms with Gasteiger partial charge < -0.3 is 16.0 Å². The maximum absolute atomic E-state index is 11.7. The van der Waals surface area contributed by atoms with Crippen LogP contribution in [0.3, 0.4) is 0 Å². The molecule has 1 rings (SSSR count). The van der Waals surface area contributed by atoms with Gasteiger partial charge in [-0.1, -0.05) is 13.3 Å². The van der Waals surface area contributed by atoms with E-state index in [1.807, 2.05) is 7.05 Å². The lowest BCUT2D eigenvalue weighted by Gasteiger charge is -2.34. The fourth-order valence-electron chi connectivity index (χ4n) is 2.32. The normalized spacial score (nSPS) is 19.8. The van der Waals surface area contributed by atoms with Crippen LogP contribution in [0, 0.1) is 5.92 Å². The molecule has 1 aliphatic rings. The molecule has 3 N–H and O–H groups in total. The summed E-state index contributed by atoms with van der Waals surface area (Å²) in [5.41, 5.74) is 5.06. The third-order valence-corrected chi connectivity index (χ3v) is 3.57. The number of carbonyl (C=O) groups is 1. The van der Waals surface area contributed by atoms with Crippen molar-refractivity contribution in [2.24, 2.45) is 11.7 Å². The molecule has 1 atom stereocenters. The first-order valence-electron chi connectivity index (χ1n) is 6.24. The Balaban J connectivity index is 2.59. The summed E-state index contributed by atoms with van der Waals surface area (Å²) >= 11 is 0. The van der Waals surface area contributed by atoms with Gasteiger partial charge in [-0.15, -0.1) is 0 Å². The van der Waals surface area contributed by atoms with Crippen LogP contribution in [-0.2, 0) is 4.79 Å². The molecule has 0 bridgehead atoms. The molecule has 94 valence electrons.